The maximum Gasteiger partial charge on any atom is 0.322 e. The number of rotatable bonds is 9. The molecule has 7 heteroatoms. The summed E-state index contributed by atoms with van der Waals surface area (Å²) in [7, 11) is 1.56. The van der Waals surface area contributed by atoms with Crippen LogP contribution >= 0.6 is 0 Å². The average Bonchev–Trinajstić information content (AvgIpc) is 2.60. The highest BCUT2D eigenvalue weighted by Crippen LogP contribution is 2.16. The van der Waals surface area contributed by atoms with Gasteiger partial charge in [0.1, 0.15) is 0 Å². The fourth-order valence-electron chi connectivity index (χ4n) is 2.19. The molecule has 23 heavy (non-hydrogen) atoms. The summed E-state index contributed by atoms with van der Waals surface area (Å²) in [5.41, 5.74) is 1.06. The van der Waals surface area contributed by atoms with E-state index >= 15 is 0 Å². The fourth-order valence-corrected chi connectivity index (χ4v) is 2.19. The predicted octanol–water partition coefficient (Wildman–Crippen LogP) is 2.51. The lowest BCUT2D eigenvalue weighted by molar-refractivity contribution is 0.378. The molecule has 0 aliphatic carbocycles. The normalized spacial score (nSPS) is 10.4. The first-order valence-electron chi connectivity index (χ1n) is 7.94. The summed E-state index contributed by atoms with van der Waals surface area (Å²) in [5.74, 6) is 1.15. The smallest absolute Gasteiger partial charge is 0.322 e. The Labute approximate surface area is 137 Å². The van der Waals surface area contributed by atoms with Crippen LogP contribution in [0, 0.1) is 0 Å². The van der Waals surface area contributed by atoms with Crippen LogP contribution < -0.4 is 15.0 Å². The SMILES string of the molecule is CCCN(CCC)c1nc(NCc2cccnc2)nc(OC)n1. The van der Waals surface area contributed by atoms with Crippen LogP contribution in [0.15, 0.2) is 24.5 Å². The van der Waals surface area contributed by atoms with Gasteiger partial charge in [0.05, 0.1) is 7.11 Å². The van der Waals surface area contributed by atoms with Gasteiger partial charge in [-0.25, -0.2) is 0 Å². The van der Waals surface area contributed by atoms with E-state index in [-0.39, 0.29) is 0 Å². The van der Waals surface area contributed by atoms with Crippen molar-refractivity contribution in [3.63, 3.8) is 0 Å². The van der Waals surface area contributed by atoms with Crippen molar-refractivity contribution in [3.05, 3.63) is 30.1 Å². The summed E-state index contributed by atoms with van der Waals surface area (Å²) in [6.07, 6.45) is 5.63. The van der Waals surface area contributed by atoms with Crippen LogP contribution in [0.2, 0.25) is 0 Å². The molecule has 1 N–H and O–H groups in total. The van der Waals surface area contributed by atoms with Crippen LogP contribution in [0.3, 0.4) is 0 Å². The molecule has 0 amide bonds. The van der Waals surface area contributed by atoms with Gasteiger partial charge in [-0.2, -0.15) is 15.0 Å². The quantitative estimate of drug-likeness (QED) is 0.761. The summed E-state index contributed by atoms with van der Waals surface area (Å²) in [6, 6.07) is 4.22. The molecule has 0 aliphatic heterocycles. The number of pyridine rings is 1. The molecule has 0 saturated heterocycles. The van der Waals surface area contributed by atoms with Gasteiger partial charge in [0.15, 0.2) is 0 Å². The molecule has 0 aliphatic rings. The van der Waals surface area contributed by atoms with Crippen molar-refractivity contribution in [1.82, 2.24) is 19.9 Å². The first-order chi connectivity index (χ1) is 11.3. The molecule has 2 aromatic heterocycles. The van der Waals surface area contributed by atoms with Gasteiger partial charge in [-0.3, -0.25) is 4.98 Å². The van der Waals surface area contributed by atoms with Crippen molar-refractivity contribution in [2.45, 2.75) is 33.2 Å². The van der Waals surface area contributed by atoms with Crippen LogP contribution in [0.1, 0.15) is 32.3 Å². The highest BCUT2D eigenvalue weighted by molar-refractivity contribution is 5.38. The zero-order valence-electron chi connectivity index (χ0n) is 14.0. The topological polar surface area (TPSA) is 76.1 Å². The molecular weight excluding hydrogens is 292 g/mol. The lowest BCUT2D eigenvalue weighted by Gasteiger charge is -2.21. The molecule has 2 rings (SSSR count). The second-order valence-corrected chi connectivity index (χ2v) is 5.15. The maximum atomic E-state index is 5.21. The van der Waals surface area contributed by atoms with Crippen molar-refractivity contribution in [3.8, 4) is 6.01 Å². The van der Waals surface area contributed by atoms with Crippen molar-refractivity contribution in [2.75, 3.05) is 30.4 Å². The monoisotopic (exact) mass is 316 g/mol. The van der Waals surface area contributed by atoms with Crippen LogP contribution in [-0.4, -0.2) is 40.1 Å². The lowest BCUT2D eigenvalue weighted by atomic mass is 10.3. The van der Waals surface area contributed by atoms with Gasteiger partial charge >= 0.3 is 6.01 Å². The lowest BCUT2D eigenvalue weighted by Crippen LogP contribution is -2.27. The van der Waals surface area contributed by atoms with Crippen molar-refractivity contribution >= 4 is 11.9 Å². The second kappa shape index (κ2) is 8.87. The van der Waals surface area contributed by atoms with Crippen LogP contribution in [0.5, 0.6) is 6.01 Å². The first kappa shape index (κ1) is 16.9. The van der Waals surface area contributed by atoms with E-state index in [1.807, 2.05) is 18.3 Å². The number of hydrogen-bond acceptors (Lipinski definition) is 7. The molecule has 0 bridgehead atoms. The third kappa shape index (κ3) is 5.05. The molecule has 0 radical (unpaired) electrons. The van der Waals surface area contributed by atoms with Gasteiger partial charge in [-0.1, -0.05) is 19.9 Å². The molecule has 0 unspecified atom stereocenters. The summed E-state index contributed by atoms with van der Waals surface area (Å²) in [5, 5.41) is 3.21. The number of methoxy groups -OCH3 is 1. The number of anilines is 2. The van der Waals surface area contributed by atoms with Crippen LogP contribution in [0.25, 0.3) is 0 Å². The number of nitrogens with zero attached hydrogens (tertiary/aromatic N) is 5. The van der Waals surface area contributed by atoms with Gasteiger partial charge < -0.3 is 15.0 Å². The Bertz CT molecular complexity index is 586. The summed E-state index contributed by atoms with van der Waals surface area (Å²) < 4.78 is 5.21. The van der Waals surface area contributed by atoms with E-state index in [0.29, 0.717) is 24.5 Å². The Morgan fingerprint density at radius 3 is 2.52 bits per heavy atom. The highest BCUT2D eigenvalue weighted by atomic mass is 16.5. The highest BCUT2D eigenvalue weighted by Gasteiger charge is 2.13. The molecule has 2 aromatic rings. The number of aromatic nitrogens is 4. The molecule has 124 valence electrons. The van der Waals surface area contributed by atoms with Gasteiger partial charge in [0, 0.05) is 32.0 Å². The van der Waals surface area contributed by atoms with Crippen molar-refractivity contribution in [2.24, 2.45) is 0 Å². The Kier molecular flexibility index (Phi) is 6.53. The van der Waals surface area contributed by atoms with Gasteiger partial charge in [-0.05, 0) is 24.5 Å². The van der Waals surface area contributed by atoms with Gasteiger partial charge in [0.2, 0.25) is 11.9 Å². The van der Waals surface area contributed by atoms with E-state index in [0.717, 1.165) is 31.5 Å². The Balaban J connectivity index is 2.16. The molecular formula is C16H24N6O. The van der Waals surface area contributed by atoms with Gasteiger partial charge in [-0.15, -0.1) is 0 Å². The maximum absolute atomic E-state index is 5.21. The molecule has 7 nitrogen and oxygen atoms in total. The Hall–Kier alpha value is -2.44. The standard InChI is InChI=1S/C16H24N6O/c1-4-9-22(10-5-2)15-19-14(20-16(21-15)23-3)18-12-13-7-6-8-17-11-13/h6-8,11H,4-5,9-10,12H2,1-3H3,(H,18,19,20,21). The third-order valence-corrected chi connectivity index (χ3v) is 3.23. The van der Waals surface area contributed by atoms with Crippen molar-refractivity contribution < 1.29 is 4.74 Å². The third-order valence-electron chi connectivity index (χ3n) is 3.23. The minimum Gasteiger partial charge on any atom is -0.467 e. The molecule has 0 fully saturated rings. The van der Waals surface area contributed by atoms with Crippen LogP contribution in [-0.2, 0) is 6.54 Å². The molecule has 0 atom stereocenters. The van der Waals surface area contributed by atoms with E-state index in [2.05, 4.69) is 44.0 Å². The molecule has 0 aromatic carbocycles. The second-order valence-electron chi connectivity index (χ2n) is 5.15. The first-order valence-corrected chi connectivity index (χ1v) is 7.94. The van der Waals surface area contributed by atoms with Crippen molar-refractivity contribution in [1.29, 1.82) is 0 Å². The van der Waals surface area contributed by atoms with E-state index in [1.54, 1.807) is 13.3 Å². The summed E-state index contributed by atoms with van der Waals surface area (Å²) in [6.45, 7) is 6.69. The predicted molar refractivity (Wildman–Crippen MR) is 90.7 cm³/mol. The molecule has 0 saturated carbocycles. The minimum atomic E-state index is 0.320. The summed E-state index contributed by atoms with van der Waals surface area (Å²) in [4.78, 5) is 19.4. The number of ether oxygens (including phenoxy) is 1. The zero-order chi connectivity index (χ0) is 16.5. The zero-order valence-corrected chi connectivity index (χ0v) is 14.0. The fraction of sp³-hybridized carbons (Fsp3) is 0.500. The largest absolute Gasteiger partial charge is 0.467 e. The number of hydrogen-bond donors (Lipinski definition) is 1. The van der Waals surface area contributed by atoms with E-state index in [9.17, 15) is 0 Å². The Morgan fingerprint density at radius 1 is 1.13 bits per heavy atom. The molecule has 0 spiro atoms. The minimum absolute atomic E-state index is 0.320. The van der Waals surface area contributed by atoms with E-state index in [4.69, 9.17) is 4.74 Å². The average molecular weight is 316 g/mol. The van der Waals surface area contributed by atoms with E-state index in [1.165, 1.54) is 0 Å². The number of nitrogens with one attached hydrogen (secondary N) is 1. The van der Waals surface area contributed by atoms with E-state index < -0.39 is 0 Å². The molecule has 2 heterocycles. The van der Waals surface area contributed by atoms with Gasteiger partial charge in [0.25, 0.3) is 0 Å². The summed E-state index contributed by atoms with van der Waals surface area (Å²) >= 11 is 0. The van der Waals surface area contributed by atoms with Crippen LogP contribution in [0.4, 0.5) is 11.9 Å². The Morgan fingerprint density at radius 2 is 1.91 bits per heavy atom.